The summed E-state index contributed by atoms with van der Waals surface area (Å²) in [4.78, 5) is 42.7. The number of aromatic nitrogens is 2. The van der Waals surface area contributed by atoms with Gasteiger partial charge >= 0.3 is 11.7 Å². The van der Waals surface area contributed by atoms with Crippen LogP contribution in [0.1, 0.15) is 30.3 Å². The molecule has 2 heterocycles. The molecule has 0 aliphatic carbocycles. The molecule has 0 radical (unpaired) electrons. The Morgan fingerprint density at radius 2 is 2.10 bits per heavy atom. The summed E-state index contributed by atoms with van der Waals surface area (Å²) in [5.74, 6) is -1.27. The van der Waals surface area contributed by atoms with Crippen molar-refractivity contribution < 1.29 is 14.7 Å². The molecule has 1 aliphatic rings. The standard InChI is InChI=1S/C14H19N3O4/c1-7-4-5-17(12(7)13(19)20)11(18)6-10-8(2)15-14(21)16-9(10)3/h7,12H,4-6H2,1-3H3,(H,19,20)(H,15,16,21). The van der Waals surface area contributed by atoms with Crippen LogP contribution in [0.15, 0.2) is 4.79 Å². The molecule has 2 rings (SSSR count). The van der Waals surface area contributed by atoms with Gasteiger partial charge in [-0.15, -0.1) is 0 Å². The molecule has 1 saturated heterocycles. The van der Waals surface area contributed by atoms with E-state index in [1.165, 1.54) is 4.90 Å². The van der Waals surface area contributed by atoms with E-state index in [2.05, 4.69) is 9.97 Å². The third-order valence-electron chi connectivity index (χ3n) is 4.05. The van der Waals surface area contributed by atoms with Crippen LogP contribution in [-0.2, 0) is 16.0 Å². The van der Waals surface area contributed by atoms with Crippen LogP contribution >= 0.6 is 0 Å². The Morgan fingerprint density at radius 1 is 1.43 bits per heavy atom. The lowest BCUT2D eigenvalue weighted by Crippen LogP contribution is -2.43. The minimum atomic E-state index is -0.971. The predicted octanol–water partition coefficient (Wildman–Crippen LogP) is 0.251. The zero-order valence-corrected chi connectivity index (χ0v) is 12.3. The average Bonchev–Trinajstić information content (AvgIpc) is 2.75. The lowest BCUT2D eigenvalue weighted by atomic mass is 10.0. The number of carbonyl (C=O) groups is 2. The summed E-state index contributed by atoms with van der Waals surface area (Å²) in [5, 5.41) is 9.26. The van der Waals surface area contributed by atoms with E-state index in [9.17, 15) is 19.5 Å². The minimum Gasteiger partial charge on any atom is -0.480 e. The van der Waals surface area contributed by atoms with Gasteiger partial charge in [0.05, 0.1) is 6.42 Å². The topological polar surface area (TPSA) is 103 Å². The number of aromatic amines is 1. The molecule has 1 aliphatic heterocycles. The molecule has 7 heteroatoms. The van der Waals surface area contributed by atoms with Crippen molar-refractivity contribution in [2.45, 2.75) is 39.7 Å². The molecule has 2 unspecified atom stereocenters. The second-order valence-corrected chi connectivity index (χ2v) is 5.54. The number of H-pyrrole nitrogens is 1. The van der Waals surface area contributed by atoms with E-state index in [0.29, 0.717) is 29.9 Å². The lowest BCUT2D eigenvalue weighted by Gasteiger charge is -2.24. The van der Waals surface area contributed by atoms with Gasteiger partial charge in [0.25, 0.3) is 0 Å². The maximum absolute atomic E-state index is 12.4. The summed E-state index contributed by atoms with van der Waals surface area (Å²) >= 11 is 0. The maximum Gasteiger partial charge on any atom is 0.345 e. The molecule has 0 bridgehead atoms. The normalized spacial score (nSPS) is 21.6. The molecule has 1 amide bonds. The van der Waals surface area contributed by atoms with E-state index >= 15 is 0 Å². The van der Waals surface area contributed by atoms with Gasteiger partial charge in [0.1, 0.15) is 6.04 Å². The van der Waals surface area contributed by atoms with Crippen molar-refractivity contribution in [1.29, 1.82) is 0 Å². The highest BCUT2D eigenvalue weighted by Gasteiger charge is 2.39. The van der Waals surface area contributed by atoms with Crippen molar-refractivity contribution in [3.63, 3.8) is 0 Å². The fourth-order valence-corrected chi connectivity index (χ4v) is 2.87. The number of aryl methyl sites for hydroxylation is 2. The Balaban J connectivity index is 2.23. The number of hydrogen-bond donors (Lipinski definition) is 2. The smallest absolute Gasteiger partial charge is 0.345 e. The number of rotatable bonds is 3. The van der Waals surface area contributed by atoms with Gasteiger partial charge in [-0.05, 0) is 26.2 Å². The molecule has 114 valence electrons. The number of carboxylic acids is 1. The van der Waals surface area contributed by atoms with Crippen molar-refractivity contribution in [3.8, 4) is 0 Å². The van der Waals surface area contributed by atoms with E-state index in [1.807, 2.05) is 6.92 Å². The number of aliphatic carboxylic acids is 1. The second-order valence-electron chi connectivity index (χ2n) is 5.54. The van der Waals surface area contributed by atoms with Crippen molar-refractivity contribution in [2.24, 2.45) is 5.92 Å². The maximum atomic E-state index is 12.4. The molecular formula is C14H19N3O4. The first-order valence-electron chi connectivity index (χ1n) is 6.90. The molecule has 0 saturated carbocycles. The SMILES string of the molecule is Cc1nc(=O)[nH]c(C)c1CC(=O)N1CCC(C)C1C(=O)O. The molecule has 2 N–H and O–H groups in total. The highest BCUT2D eigenvalue weighted by atomic mass is 16.4. The van der Waals surface area contributed by atoms with Crippen LogP contribution in [0.2, 0.25) is 0 Å². The van der Waals surface area contributed by atoms with E-state index < -0.39 is 17.7 Å². The first-order valence-corrected chi connectivity index (χ1v) is 6.90. The molecule has 0 aromatic carbocycles. The highest BCUT2D eigenvalue weighted by molar-refractivity contribution is 5.86. The summed E-state index contributed by atoms with van der Waals surface area (Å²) in [6.45, 7) is 5.67. The van der Waals surface area contributed by atoms with Gasteiger partial charge < -0.3 is 15.0 Å². The van der Waals surface area contributed by atoms with Crippen LogP contribution in [0.5, 0.6) is 0 Å². The number of nitrogens with one attached hydrogen (secondary N) is 1. The van der Waals surface area contributed by atoms with E-state index in [1.54, 1.807) is 13.8 Å². The van der Waals surface area contributed by atoms with Gasteiger partial charge in [0.2, 0.25) is 5.91 Å². The summed E-state index contributed by atoms with van der Waals surface area (Å²) in [7, 11) is 0. The number of nitrogens with zero attached hydrogens (tertiary/aromatic N) is 2. The summed E-state index contributed by atoms with van der Waals surface area (Å²) in [5.41, 5.74) is 1.31. The van der Waals surface area contributed by atoms with E-state index in [0.717, 1.165) is 0 Å². The van der Waals surface area contributed by atoms with Crippen LogP contribution in [0.25, 0.3) is 0 Å². The van der Waals surface area contributed by atoms with Gasteiger partial charge in [0.15, 0.2) is 0 Å². The Labute approximate surface area is 122 Å². The summed E-state index contributed by atoms with van der Waals surface area (Å²) < 4.78 is 0. The molecule has 7 nitrogen and oxygen atoms in total. The van der Waals surface area contributed by atoms with Crippen molar-refractivity contribution in [2.75, 3.05) is 6.54 Å². The predicted molar refractivity (Wildman–Crippen MR) is 75.0 cm³/mol. The lowest BCUT2D eigenvalue weighted by molar-refractivity contribution is -0.149. The number of hydrogen-bond acceptors (Lipinski definition) is 4. The number of carbonyl (C=O) groups excluding carboxylic acids is 1. The number of amides is 1. The number of likely N-dealkylation sites (tertiary alicyclic amines) is 1. The van der Waals surface area contributed by atoms with E-state index in [-0.39, 0.29) is 18.2 Å². The first kappa shape index (κ1) is 15.2. The van der Waals surface area contributed by atoms with Crippen LogP contribution in [0.3, 0.4) is 0 Å². The zero-order valence-electron chi connectivity index (χ0n) is 12.3. The first-order chi connectivity index (χ1) is 9.81. The van der Waals surface area contributed by atoms with Crippen LogP contribution < -0.4 is 5.69 Å². The fraction of sp³-hybridized carbons (Fsp3) is 0.571. The van der Waals surface area contributed by atoms with Crippen molar-refractivity contribution >= 4 is 11.9 Å². The van der Waals surface area contributed by atoms with Gasteiger partial charge in [-0.25, -0.2) is 9.59 Å². The van der Waals surface area contributed by atoms with Crippen molar-refractivity contribution in [3.05, 3.63) is 27.4 Å². The Bertz CT molecular complexity index is 611. The molecular weight excluding hydrogens is 274 g/mol. The Hall–Kier alpha value is -2.18. The van der Waals surface area contributed by atoms with E-state index in [4.69, 9.17) is 0 Å². The van der Waals surface area contributed by atoms with Gasteiger partial charge in [0, 0.05) is 23.5 Å². The summed E-state index contributed by atoms with van der Waals surface area (Å²) in [6, 6.07) is -0.770. The minimum absolute atomic E-state index is 0.0534. The quantitative estimate of drug-likeness (QED) is 0.831. The van der Waals surface area contributed by atoms with Gasteiger partial charge in [-0.2, -0.15) is 4.98 Å². The molecule has 21 heavy (non-hydrogen) atoms. The molecule has 2 atom stereocenters. The van der Waals surface area contributed by atoms with Crippen LogP contribution in [0, 0.1) is 19.8 Å². The van der Waals surface area contributed by atoms with Crippen LogP contribution in [-0.4, -0.2) is 44.4 Å². The van der Waals surface area contributed by atoms with Gasteiger partial charge in [-0.3, -0.25) is 4.79 Å². The third kappa shape index (κ3) is 2.96. The molecule has 1 aromatic heterocycles. The number of carboxylic acid groups (broad SMARTS) is 1. The summed E-state index contributed by atoms with van der Waals surface area (Å²) in [6.07, 6.45) is 0.739. The molecule has 1 aromatic rings. The highest BCUT2D eigenvalue weighted by Crippen LogP contribution is 2.25. The third-order valence-corrected chi connectivity index (χ3v) is 4.05. The zero-order chi connectivity index (χ0) is 15.7. The van der Waals surface area contributed by atoms with Crippen molar-refractivity contribution in [1.82, 2.24) is 14.9 Å². The molecule has 1 fully saturated rings. The Kier molecular flexibility index (Phi) is 4.11. The fourth-order valence-electron chi connectivity index (χ4n) is 2.87. The second kappa shape index (κ2) is 5.67. The van der Waals surface area contributed by atoms with Gasteiger partial charge in [-0.1, -0.05) is 6.92 Å². The monoisotopic (exact) mass is 293 g/mol. The average molecular weight is 293 g/mol. The largest absolute Gasteiger partial charge is 0.480 e. The molecule has 0 spiro atoms. The Morgan fingerprint density at radius 3 is 2.67 bits per heavy atom. The van der Waals surface area contributed by atoms with Crippen LogP contribution in [0.4, 0.5) is 0 Å².